The molecular weight excluding hydrogens is 391 g/mol. The fraction of sp³-hybridized carbons (Fsp3) is 0.150. The number of amides is 1. The number of anilines is 1. The van der Waals surface area contributed by atoms with Crippen molar-refractivity contribution >= 4 is 23.4 Å². The molecule has 0 fully saturated rings. The van der Waals surface area contributed by atoms with Crippen LogP contribution in [0.2, 0.25) is 0 Å². The van der Waals surface area contributed by atoms with Gasteiger partial charge in [0.2, 0.25) is 0 Å². The number of halogens is 3. The third-order valence-electron chi connectivity index (χ3n) is 3.58. The molecule has 0 atom stereocenters. The highest BCUT2D eigenvalue weighted by Crippen LogP contribution is 2.26. The number of alkyl halides is 3. The summed E-state index contributed by atoms with van der Waals surface area (Å²) in [5, 5.41) is 2.62. The molecule has 0 spiro atoms. The highest BCUT2D eigenvalue weighted by molar-refractivity contribution is 7.98. The van der Waals surface area contributed by atoms with E-state index in [4.69, 9.17) is 9.15 Å². The number of ether oxygens (including phenoxy) is 1. The molecular formula is C20H16F3NO3S. The van der Waals surface area contributed by atoms with E-state index in [0.717, 1.165) is 10.5 Å². The van der Waals surface area contributed by atoms with Crippen LogP contribution in [0.25, 0.3) is 0 Å². The normalized spacial score (nSPS) is 11.2. The SMILES string of the molecule is O=C(Nc1cccc(OCC(F)(F)F)c1)c1occc1CSc1ccccc1. The van der Waals surface area contributed by atoms with Gasteiger partial charge in [-0.15, -0.1) is 11.8 Å². The molecule has 4 nitrogen and oxygen atoms in total. The van der Waals surface area contributed by atoms with E-state index in [1.165, 1.54) is 24.5 Å². The molecule has 2 aromatic carbocycles. The van der Waals surface area contributed by atoms with Gasteiger partial charge in [0.15, 0.2) is 12.4 Å². The van der Waals surface area contributed by atoms with Crippen LogP contribution in [0, 0.1) is 0 Å². The fourth-order valence-electron chi connectivity index (χ4n) is 2.34. The van der Waals surface area contributed by atoms with Crippen molar-refractivity contribution in [3.8, 4) is 5.75 Å². The first kappa shape index (κ1) is 19.9. The first-order valence-electron chi connectivity index (χ1n) is 8.26. The predicted molar refractivity (Wildman–Crippen MR) is 101 cm³/mol. The lowest BCUT2D eigenvalue weighted by Gasteiger charge is -2.11. The zero-order valence-corrected chi connectivity index (χ0v) is 15.3. The molecule has 0 aliphatic rings. The van der Waals surface area contributed by atoms with Crippen molar-refractivity contribution in [2.24, 2.45) is 0 Å². The van der Waals surface area contributed by atoms with Crippen molar-refractivity contribution in [3.63, 3.8) is 0 Å². The van der Waals surface area contributed by atoms with Crippen molar-refractivity contribution in [3.05, 3.63) is 78.3 Å². The van der Waals surface area contributed by atoms with Gasteiger partial charge in [-0.05, 0) is 30.3 Å². The minimum absolute atomic E-state index is 0.00873. The van der Waals surface area contributed by atoms with Crippen LogP contribution in [0.15, 0.2) is 76.2 Å². The minimum atomic E-state index is -4.43. The first-order chi connectivity index (χ1) is 13.4. The second-order valence-electron chi connectivity index (χ2n) is 5.76. The molecule has 0 saturated heterocycles. The Bertz CT molecular complexity index is 926. The molecule has 0 radical (unpaired) electrons. The zero-order chi connectivity index (χ0) is 20.0. The van der Waals surface area contributed by atoms with Crippen molar-refractivity contribution < 1.29 is 27.1 Å². The molecule has 1 N–H and O–H groups in total. The lowest BCUT2D eigenvalue weighted by molar-refractivity contribution is -0.153. The maximum atomic E-state index is 12.5. The maximum absolute atomic E-state index is 12.5. The van der Waals surface area contributed by atoms with Gasteiger partial charge in [-0.25, -0.2) is 0 Å². The quantitative estimate of drug-likeness (QED) is 0.506. The molecule has 8 heteroatoms. The van der Waals surface area contributed by atoms with Gasteiger partial charge in [0.25, 0.3) is 5.91 Å². The number of nitrogens with one attached hydrogen (secondary N) is 1. The molecule has 1 amide bonds. The molecule has 146 valence electrons. The molecule has 3 rings (SSSR count). The largest absolute Gasteiger partial charge is 0.484 e. The molecule has 0 unspecified atom stereocenters. The summed E-state index contributed by atoms with van der Waals surface area (Å²) in [6, 6.07) is 17.2. The lowest BCUT2D eigenvalue weighted by atomic mass is 10.2. The Morgan fingerprint density at radius 1 is 1.07 bits per heavy atom. The minimum Gasteiger partial charge on any atom is -0.484 e. The van der Waals surface area contributed by atoms with E-state index in [1.54, 1.807) is 23.9 Å². The molecule has 3 aromatic rings. The lowest BCUT2D eigenvalue weighted by Crippen LogP contribution is -2.19. The van der Waals surface area contributed by atoms with Crippen LogP contribution >= 0.6 is 11.8 Å². The topological polar surface area (TPSA) is 51.5 Å². The molecule has 0 aliphatic carbocycles. The number of carbonyl (C=O) groups excluding carboxylic acids is 1. The Balaban J connectivity index is 1.63. The monoisotopic (exact) mass is 407 g/mol. The highest BCUT2D eigenvalue weighted by atomic mass is 32.2. The standard InChI is InChI=1S/C20H16F3NO3S/c21-20(22,23)13-27-16-6-4-5-15(11-16)24-19(25)18-14(9-10-26-18)12-28-17-7-2-1-3-8-17/h1-11H,12-13H2,(H,24,25). The van der Waals surface area contributed by atoms with E-state index in [0.29, 0.717) is 11.4 Å². The second-order valence-corrected chi connectivity index (χ2v) is 6.81. The highest BCUT2D eigenvalue weighted by Gasteiger charge is 2.28. The van der Waals surface area contributed by atoms with Crippen molar-refractivity contribution in [1.82, 2.24) is 0 Å². The fourth-order valence-corrected chi connectivity index (χ4v) is 3.24. The molecule has 1 aromatic heterocycles. The van der Waals surface area contributed by atoms with Gasteiger partial charge in [-0.1, -0.05) is 24.3 Å². The summed E-state index contributed by atoms with van der Waals surface area (Å²) in [4.78, 5) is 13.6. The van der Waals surface area contributed by atoms with Gasteiger partial charge in [0, 0.05) is 28.0 Å². The third kappa shape index (κ3) is 5.82. The van der Waals surface area contributed by atoms with Gasteiger partial charge < -0.3 is 14.5 Å². The Morgan fingerprint density at radius 3 is 2.61 bits per heavy atom. The van der Waals surface area contributed by atoms with Crippen LogP contribution in [0.4, 0.5) is 18.9 Å². The van der Waals surface area contributed by atoms with Gasteiger partial charge in [-0.2, -0.15) is 13.2 Å². The van der Waals surface area contributed by atoms with E-state index in [-0.39, 0.29) is 11.5 Å². The summed E-state index contributed by atoms with van der Waals surface area (Å²) < 4.78 is 46.8. The number of thioether (sulfide) groups is 1. The third-order valence-corrected chi connectivity index (χ3v) is 4.65. The van der Waals surface area contributed by atoms with Crippen LogP contribution in [0.5, 0.6) is 5.75 Å². The number of hydrogen-bond acceptors (Lipinski definition) is 4. The number of furan rings is 1. The molecule has 0 bridgehead atoms. The van der Waals surface area contributed by atoms with E-state index < -0.39 is 18.7 Å². The van der Waals surface area contributed by atoms with Crippen molar-refractivity contribution in [1.29, 1.82) is 0 Å². The summed E-state index contributed by atoms with van der Waals surface area (Å²) in [6.45, 7) is -1.40. The van der Waals surface area contributed by atoms with Crippen LogP contribution in [0.3, 0.4) is 0 Å². The van der Waals surface area contributed by atoms with Crippen LogP contribution in [-0.2, 0) is 5.75 Å². The van der Waals surface area contributed by atoms with E-state index in [2.05, 4.69) is 5.32 Å². The Kier molecular flexibility index (Phi) is 6.30. The first-order valence-corrected chi connectivity index (χ1v) is 9.24. The van der Waals surface area contributed by atoms with Crippen molar-refractivity contribution in [2.45, 2.75) is 16.8 Å². The Morgan fingerprint density at radius 2 is 1.86 bits per heavy atom. The summed E-state index contributed by atoms with van der Waals surface area (Å²) in [7, 11) is 0. The van der Waals surface area contributed by atoms with Gasteiger partial charge >= 0.3 is 6.18 Å². The van der Waals surface area contributed by atoms with E-state index in [1.807, 2.05) is 30.3 Å². The predicted octanol–water partition coefficient (Wildman–Crippen LogP) is 5.77. The number of rotatable bonds is 7. The number of benzene rings is 2. The number of carbonyl (C=O) groups is 1. The summed E-state index contributed by atoms with van der Waals surface area (Å²) in [6.07, 6.45) is -3.00. The van der Waals surface area contributed by atoms with Crippen molar-refractivity contribution in [2.75, 3.05) is 11.9 Å². The zero-order valence-electron chi connectivity index (χ0n) is 14.5. The maximum Gasteiger partial charge on any atom is 0.422 e. The van der Waals surface area contributed by atoms with Gasteiger partial charge in [0.05, 0.1) is 6.26 Å². The molecule has 1 heterocycles. The second kappa shape index (κ2) is 8.88. The van der Waals surface area contributed by atoms with Crippen LogP contribution in [-0.4, -0.2) is 18.7 Å². The Labute approximate surface area is 163 Å². The van der Waals surface area contributed by atoms with Gasteiger partial charge in [-0.3, -0.25) is 4.79 Å². The van der Waals surface area contributed by atoms with Crippen LogP contribution < -0.4 is 10.1 Å². The average Bonchev–Trinajstić information content (AvgIpc) is 3.14. The van der Waals surface area contributed by atoms with Gasteiger partial charge in [0.1, 0.15) is 5.75 Å². The van der Waals surface area contributed by atoms with E-state index >= 15 is 0 Å². The summed E-state index contributed by atoms with van der Waals surface area (Å²) in [5.41, 5.74) is 1.03. The smallest absolute Gasteiger partial charge is 0.422 e. The molecule has 0 saturated carbocycles. The molecule has 28 heavy (non-hydrogen) atoms. The average molecular weight is 407 g/mol. The Hall–Kier alpha value is -2.87. The molecule has 0 aliphatic heterocycles. The van der Waals surface area contributed by atoms with Crippen LogP contribution in [0.1, 0.15) is 16.1 Å². The summed E-state index contributed by atoms with van der Waals surface area (Å²) in [5.74, 6) is 0.221. The van der Waals surface area contributed by atoms with E-state index in [9.17, 15) is 18.0 Å². The number of hydrogen-bond donors (Lipinski definition) is 1. The summed E-state index contributed by atoms with van der Waals surface area (Å²) >= 11 is 1.56.